The number of rotatable bonds is 8. The van der Waals surface area contributed by atoms with E-state index in [9.17, 15) is 0 Å². The van der Waals surface area contributed by atoms with Crippen LogP contribution in [0.25, 0.3) is 0 Å². The van der Waals surface area contributed by atoms with Crippen molar-refractivity contribution in [2.24, 2.45) is 5.92 Å². The van der Waals surface area contributed by atoms with Gasteiger partial charge in [-0.2, -0.15) is 0 Å². The molecule has 1 aromatic rings. The van der Waals surface area contributed by atoms with Crippen molar-refractivity contribution in [3.63, 3.8) is 0 Å². The van der Waals surface area contributed by atoms with Crippen LogP contribution in [-0.2, 0) is 6.42 Å². The first-order valence-electron chi connectivity index (χ1n) is 7.14. The summed E-state index contributed by atoms with van der Waals surface area (Å²) in [6.07, 6.45) is 2.31. The topological polar surface area (TPSA) is 15.3 Å². The number of hydrogen-bond donors (Lipinski definition) is 1. The SMILES string of the molecule is CCc1ccc(N(C)CCCNCC(C)C)cc1. The van der Waals surface area contributed by atoms with Gasteiger partial charge in [0.15, 0.2) is 0 Å². The van der Waals surface area contributed by atoms with E-state index in [1.165, 1.54) is 17.7 Å². The molecule has 1 rings (SSSR count). The van der Waals surface area contributed by atoms with Gasteiger partial charge in [0.1, 0.15) is 0 Å². The zero-order chi connectivity index (χ0) is 13.4. The second-order valence-corrected chi connectivity index (χ2v) is 5.39. The summed E-state index contributed by atoms with van der Waals surface area (Å²) in [4.78, 5) is 2.33. The summed E-state index contributed by atoms with van der Waals surface area (Å²) in [6.45, 7) is 10.0. The minimum Gasteiger partial charge on any atom is -0.375 e. The average Bonchev–Trinajstić information content (AvgIpc) is 2.38. The molecule has 0 spiro atoms. The molecule has 102 valence electrons. The van der Waals surface area contributed by atoms with E-state index in [4.69, 9.17) is 0 Å². The molecular formula is C16H28N2. The highest BCUT2D eigenvalue weighted by atomic mass is 15.1. The predicted octanol–water partition coefficient (Wildman–Crippen LogP) is 3.32. The van der Waals surface area contributed by atoms with Gasteiger partial charge in [0.25, 0.3) is 0 Å². The van der Waals surface area contributed by atoms with Crippen molar-refractivity contribution in [3.8, 4) is 0 Å². The first-order valence-corrected chi connectivity index (χ1v) is 7.14. The third-order valence-corrected chi connectivity index (χ3v) is 3.19. The van der Waals surface area contributed by atoms with Crippen LogP contribution in [0.3, 0.4) is 0 Å². The van der Waals surface area contributed by atoms with Crippen molar-refractivity contribution in [1.29, 1.82) is 0 Å². The minimum atomic E-state index is 0.740. The lowest BCUT2D eigenvalue weighted by molar-refractivity contribution is 0.543. The molecule has 1 N–H and O–H groups in total. The molecule has 0 heterocycles. The lowest BCUT2D eigenvalue weighted by Gasteiger charge is -2.19. The Morgan fingerprint density at radius 2 is 1.83 bits per heavy atom. The van der Waals surface area contributed by atoms with Crippen LogP contribution in [0.5, 0.6) is 0 Å². The van der Waals surface area contributed by atoms with Crippen LogP contribution in [0.2, 0.25) is 0 Å². The Labute approximate surface area is 112 Å². The largest absolute Gasteiger partial charge is 0.375 e. The highest BCUT2D eigenvalue weighted by molar-refractivity contribution is 5.46. The van der Waals surface area contributed by atoms with Gasteiger partial charge in [-0.3, -0.25) is 0 Å². The van der Waals surface area contributed by atoms with E-state index in [0.717, 1.165) is 32.0 Å². The summed E-state index contributed by atoms with van der Waals surface area (Å²) >= 11 is 0. The van der Waals surface area contributed by atoms with Crippen LogP contribution < -0.4 is 10.2 Å². The molecule has 2 nitrogen and oxygen atoms in total. The van der Waals surface area contributed by atoms with E-state index in [1.807, 2.05) is 0 Å². The van der Waals surface area contributed by atoms with E-state index in [0.29, 0.717) is 0 Å². The van der Waals surface area contributed by atoms with Crippen molar-refractivity contribution >= 4 is 5.69 Å². The average molecular weight is 248 g/mol. The molecule has 0 saturated heterocycles. The van der Waals surface area contributed by atoms with Crippen LogP contribution in [0.15, 0.2) is 24.3 Å². The van der Waals surface area contributed by atoms with Crippen molar-refractivity contribution < 1.29 is 0 Å². The Morgan fingerprint density at radius 1 is 1.17 bits per heavy atom. The highest BCUT2D eigenvalue weighted by Gasteiger charge is 2.00. The molecule has 0 unspecified atom stereocenters. The van der Waals surface area contributed by atoms with Gasteiger partial charge >= 0.3 is 0 Å². The van der Waals surface area contributed by atoms with Gasteiger partial charge in [0, 0.05) is 19.3 Å². The Balaban J connectivity index is 2.25. The molecule has 0 amide bonds. The van der Waals surface area contributed by atoms with Crippen LogP contribution in [0.1, 0.15) is 32.8 Å². The molecular weight excluding hydrogens is 220 g/mol. The van der Waals surface area contributed by atoms with E-state index in [2.05, 4.69) is 62.3 Å². The Hall–Kier alpha value is -1.02. The summed E-state index contributed by atoms with van der Waals surface area (Å²) in [6, 6.07) is 8.90. The summed E-state index contributed by atoms with van der Waals surface area (Å²) in [5.41, 5.74) is 2.72. The van der Waals surface area contributed by atoms with E-state index < -0.39 is 0 Å². The zero-order valence-electron chi connectivity index (χ0n) is 12.4. The number of anilines is 1. The number of nitrogens with zero attached hydrogens (tertiary/aromatic N) is 1. The van der Waals surface area contributed by atoms with Crippen molar-refractivity contribution in [2.75, 3.05) is 31.6 Å². The summed E-state index contributed by atoms with van der Waals surface area (Å²) in [5.74, 6) is 0.740. The molecule has 0 saturated carbocycles. The molecule has 0 aliphatic carbocycles. The second-order valence-electron chi connectivity index (χ2n) is 5.39. The van der Waals surface area contributed by atoms with Crippen LogP contribution in [-0.4, -0.2) is 26.7 Å². The first kappa shape index (κ1) is 15.0. The fourth-order valence-corrected chi connectivity index (χ4v) is 1.95. The Bertz CT molecular complexity index is 316. The lowest BCUT2D eigenvalue weighted by atomic mass is 10.1. The summed E-state index contributed by atoms with van der Waals surface area (Å²) in [7, 11) is 2.17. The fourth-order valence-electron chi connectivity index (χ4n) is 1.95. The van der Waals surface area contributed by atoms with Gasteiger partial charge in [-0.25, -0.2) is 0 Å². The van der Waals surface area contributed by atoms with E-state index >= 15 is 0 Å². The van der Waals surface area contributed by atoms with Crippen LogP contribution in [0.4, 0.5) is 5.69 Å². The molecule has 1 aromatic carbocycles. The van der Waals surface area contributed by atoms with Crippen LogP contribution in [0, 0.1) is 5.92 Å². The van der Waals surface area contributed by atoms with Crippen molar-refractivity contribution in [2.45, 2.75) is 33.6 Å². The van der Waals surface area contributed by atoms with Crippen molar-refractivity contribution in [3.05, 3.63) is 29.8 Å². The Morgan fingerprint density at radius 3 is 2.39 bits per heavy atom. The number of aryl methyl sites for hydroxylation is 1. The van der Waals surface area contributed by atoms with Gasteiger partial charge in [-0.05, 0) is 49.5 Å². The minimum absolute atomic E-state index is 0.740. The normalized spacial score (nSPS) is 10.9. The standard InChI is InChI=1S/C16H28N2/c1-5-15-7-9-16(10-8-15)18(4)12-6-11-17-13-14(2)3/h7-10,14,17H,5-6,11-13H2,1-4H3. The molecule has 0 bridgehead atoms. The van der Waals surface area contributed by atoms with Gasteiger partial charge in [-0.1, -0.05) is 32.9 Å². The third-order valence-electron chi connectivity index (χ3n) is 3.19. The first-order chi connectivity index (χ1) is 8.63. The van der Waals surface area contributed by atoms with Crippen molar-refractivity contribution in [1.82, 2.24) is 5.32 Å². The number of nitrogens with one attached hydrogen (secondary N) is 1. The maximum absolute atomic E-state index is 3.48. The molecule has 0 aliphatic heterocycles. The molecule has 18 heavy (non-hydrogen) atoms. The number of benzene rings is 1. The maximum Gasteiger partial charge on any atom is 0.0363 e. The lowest BCUT2D eigenvalue weighted by Crippen LogP contribution is -2.25. The third kappa shape index (κ3) is 5.54. The monoisotopic (exact) mass is 248 g/mol. The van der Waals surface area contributed by atoms with Gasteiger partial charge in [-0.15, -0.1) is 0 Å². The van der Waals surface area contributed by atoms with Gasteiger partial charge < -0.3 is 10.2 Å². The van der Waals surface area contributed by atoms with E-state index in [-0.39, 0.29) is 0 Å². The second kappa shape index (κ2) is 8.15. The molecule has 0 radical (unpaired) electrons. The summed E-state index contributed by atoms with van der Waals surface area (Å²) < 4.78 is 0. The quantitative estimate of drug-likeness (QED) is 0.710. The van der Waals surface area contributed by atoms with Crippen LogP contribution >= 0.6 is 0 Å². The smallest absolute Gasteiger partial charge is 0.0363 e. The molecule has 0 atom stereocenters. The molecule has 0 aromatic heterocycles. The molecule has 0 fully saturated rings. The Kier molecular flexibility index (Phi) is 6.81. The zero-order valence-corrected chi connectivity index (χ0v) is 12.4. The molecule has 2 heteroatoms. The molecule has 0 aliphatic rings. The maximum atomic E-state index is 3.48. The highest BCUT2D eigenvalue weighted by Crippen LogP contribution is 2.14. The van der Waals surface area contributed by atoms with Gasteiger partial charge in [0.2, 0.25) is 0 Å². The van der Waals surface area contributed by atoms with Gasteiger partial charge in [0.05, 0.1) is 0 Å². The fraction of sp³-hybridized carbons (Fsp3) is 0.625. The number of hydrogen-bond acceptors (Lipinski definition) is 2. The summed E-state index contributed by atoms with van der Waals surface area (Å²) in [5, 5.41) is 3.48. The predicted molar refractivity (Wildman–Crippen MR) is 81.4 cm³/mol. The van der Waals surface area contributed by atoms with E-state index in [1.54, 1.807) is 0 Å².